The molecule has 0 radical (unpaired) electrons. The summed E-state index contributed by atoms with van der Waals surface area (Å²) >= 11 is 0. The molecule has 5 heteroatoms. The number of hydrogen-bond donors (Lipinski definition) is 2. The van der Waals surface area contributed by atoms with Gasteiger partial charge in [-0.05, 0) is 41.8 Å². The van der Waals surface area contributed by atoms with Crippen molar-refractivity contribution in [3.05, 3.63) is 47.7 Å². The van der Waals surface area contributed by atoms with E-state index in [1.807, 2.05) is 30.3 Å². The second-order valence-electron chi connectivity index (χ2n) is 4.51. The minimum Gasteiger partial charge on any atom is -0.493 e. The van der Waals surface area contributed by atoms with Gasteiger partial charge in [0, 0.05) is 12.2 Å². The lowest BCUT2D eigenvalue weighted by molar-refractivity contribution is 0.354. The molecule has 1 atom stereocenters. The van der Waals surface area contributed by atoms with Gasteiger partial charge < -0.3 is 20.9 Å². The first kappa shape index (κ1) is 14.1. The van der Waals surface area contributed by atoms with E-state index in [4.69, 9.17) is 20.9 Å². The molecule has 4 N–H and O–H groups in total. The molecule has 0 aliphatic heterocycles. The third-order valence-electron chi connectivity index (χ3n) is 3.14. The van der Waals surface area contributed by atoms with Crippen LogP contribution in [0.5, 0.6) is 11.5 Å². The van der Waals surface area contributed by atoms with E-state index in [1.165, 1.54) is 0 Å². The van der Waals surface area contributed by atoms with Crippen LogP contribution in [0.2, 0.25) is 0 Å². The van der Waals surface area contributed by atoms with Crippen LogP contribution in [0.3, 0.4) is 0 Å². The van der Waals surface area contributed by atoms with Crippen molar-refractivity contribution in [1.29, 1.82) is 0 Å². The normalized spacial score (nSPS) is 11.9. The summed E-state index contributed by atoms with van der Waals surface area (Å²) in [6.45, 7) is 0. The van der Waals surface area contributed by atoms with Gasteiger partial charge in [-0.2, -0.15) is 0 Å². The molecule has 106 valence electrons. The Bertz CT molecular complexity index is 587. The van der Waals surface area contributed by atoms with E-state index in [1.54, 1.807) is 20.4 Å². The zero-order chi connectivity index (χ0) is 14.5. The summed E-state index contributed by atoms with van der Waals surface area (Å²) in [5.74, 6) is 1.87. The average Bonchev–Trinajstić information content (AvgIpc) is 2.46. The molecular weight excluding hydrogens is 254 g/mol. The van der Waals surface area contributed by atoms with Gasteiger partial charge in [0.25, 0.3) is 0 Å². The minimum atomic E-state index is -0.142. The van der Waals surface area contributed by atoms with Crippen molar-refractivity contribution in [2.45, 2.75) is 12.5 Å². The Kier molecular flexibility index (Phi) is 4.42. The fourth-order valence-corrected chi connectivity index (χ4v) is 2.08. The predicted octanol–water partition coefficient (Wildman–Crippen LogP) is 1.92. The number of nitrogens with two attached hydrogens (primary N) is 2. The van der Waals surface area contributed by atoms with E-state index >= 15 is 0 Å². The molecule has 0 saturated heterocycles. The van der Waals surface area contributed by atoms with Crippen LogP contribution in [-0.2, 0) is 6.42 Å². The third kappa shape index (κ3) is 3.19. The SMILES string of the molecule is COc1ccc(C(N)Cc2ccnc(N)c2)cc1OC. The number of anilines is 1. The van der Waals surface area contributed by atoms with Crippen molar-refractivity contribution in [3.63, 3.8) is 0 Å². The van der Waals surface area contributed by atoms with Crippen molar-refractivity contribution >= 4 is 5.82 Å². The standard InChI is InChI=1S/C15H19N3O2/c1-19-13-4-3-11(9-14(13)20-2)12(16)7-10-5-6-18-15(17)8-10/h3-6,8-9,12H,7,16H2,1-2H3,(H2,17,18). The molecule has 1 unspecified atom stereocenters. The maximum atomic E-state index is 6.23. The molecule has 0 aliphatic rings. The van der Waals surface area contributed by atoms with Gasteiger partial charge in [-0.25, -0.2) is 4.98 Å². The van der Waals surface area contributed by atoms with E-state index in [0.717, 1.165) is 11.1 Å². The molecule has 2 aromatic rings. The number of rotatable bonds is 5. The zero-order valence-corrected chi connectivity index (χ0v) is 11.7. The number of ether oxygens (including phenoxy) is 2. The van der Waals surface area contributed by atoms with Crippen LogP contribution in [0.1, 0.15) is 17.2 Å². The van der Waals surface area contributed by atoms with Gasteiger partial charge in [-0.1, -0.05) is 6.07 Å². The lowest BCUT2D eigenvalue weighted by Gasteiger charge is -2.15. The second kappa shape index (κ2) is 6.25. The molecule has 0 saturated carbocycles. The molecule has 5 nitrogen and oxygen atoms in total. The summed E-state index contributed by atoms with van der Waals surface area (Å²) in [5.41, 5.74) is 13.9. The van der Waals surface area contributed by atoms with Gasteiger partial charge in [0.15, 0.2) is 11.5 Å². The summed E-state index contributed by atoms with van der Waals surface area (Å²) in [5, 5.41) is 0. The Morgan fingerprint density at radius 3 is 2.50 bits per heavy atom. The van der Waals surface area contributed by atoms with Crippen LogP contribution in [0.4, 0.5) is 5.82 Å². The number of nitrogens with zero attached hydrogens (tertiary/aromatic N) is 1. The highest BCUT2D eigenvalue weighted by molar-refractivity contribution is 5.44. The maximum absolute atomic E-state index is 6.23. The monoisotopic (exact) mass is 273 g/mol. The van der Waals surface area contributed by atoms with Crippen molar-refractivity contribution in [2.24, 2.45) is 5.73 Å². The van der Waals surface area contributed by atoms with Gasteiger partial charge in [0.05, 0.1) is 14.2 Å². The van der Waals surface area contributed by atoms with Gasteiger partial charge in [-0.15, -0.1) is 0 Å². The Balaban J connectivity index is 2.18. The summed E-state index contributed by atoms with van der Waals surface area (Å²) in [6.07, 6.45) is 2.37. The van der Waals surface area contributed by atoms with E-state index in [-0.39, 0.29) is 6.04 Å². The highest BCUT2D eigenvalue weighted by atomic mass is 16.5. The number of nitrogen functional groups attached to an aromatic ring is 1. The highest BCUT2D eigenvalue weighted by Crippen LogP contribution is 2.30. The smallest absolute Gasteiger partial charge is 0.161 e. The lowest BCUT2D eigenvalue weighted by Crippen LogP contribution is -2.13. The van der Waals surface area contributed by atoms with Gasteiger partial charge in [0.2, 0.25) is 0 Å². The lowest BCUT2D eigenvalue weighted by atomic mass is 10.00. The van der Waals surface area contributed by atoms with E-state index < -0.39 is 0 Å². The third-order valence-corrected chi connectivity index (χ3v) is 3.14. The molecule has 1 aromatic carbocycles. The Labute approximate surface area is 118 Å². The molecular formula is C15H19N3O2. The summed E-state index contributed by atoms with van der Waals surface area (Å²) in [4.78, 5) is 3.97. The van der Waals surface area contributed by atoms with Crippen molar-refractivity contribution in [2.75, 3.05) is 20.0 Å². The van der Waals surface area contributed by atoms with Crippen LogP contribution in [-0.4, -0.2) is 19.2 Å². The van der Waals surface area contributed by atoms with Gasteiger partial charge in [-0.3, -0.25) is 0 Å². The summed E-state index contributed by atoms with van der Waals surface area (Å²) in [6, 6.07) is 9.30. The highest BCUT2D eigenvalue weighted by Gasteiger charge is 2.11. The van der Waals surface area contributed by atoms with Crippen molar-refractivity contribution < 1.29 is 9.47 Å². The Hall–Kier alpha value is -2.27. The van der Waals surface area contributed by atoms with Crippen LogP contribution >= 0.6 is 0 Å². The first-order chi connectivity index (χ1) is 9.63. The molecule has 1 heterocycles. The number of pyridine rings is 1. The van der Waals surface area contributed by atoms with Crippen molar-refractivity contribution in [1.82, 2.24) is 4.98 Å². The quantitative estimate of drug-likeness (QED) is 0.869. The molecule has 0 amide bonds. The number of methoxy groups -OCH3 is 2. The summed E-state index contributed by atoms with van der Waals surface area (Å²) in [7, 11) is 3.22. The van der Waals surface area contributed by atoms with E-state index in [0.29, 0.717) is 23.7 Å². The maximum Gasteiger partial charge on any atom is 0.161 e. The van der Waals surface area contributed by atoms with Crippen LogP contribution < -0.4 is 20.9 Å². The van der Waals surface area contributed by atoms with Gasteiger partial charge >= 0.3 is 0 Å². The first-order valence-electron chi connectivity index (χ1n) is 6.32. The molecule has 0 aliphatic carbocycles. The van der Waals surface area contributed by atoms with Crippen LogP contribution in [0, 0.1) is 0 Å². The average molecular weight is 273 g/mol. The number of benzene rings is 1. The Morgan fingerprint density at radius 1 is 1.10 bits per heavy atom. The zero-order valence-electron chi connectivity index (χ0n) is 11.7. The topological polar surface area (TPSA) is 83.4 Å². The second-order valence-corrected chi connectivity index (χ2v) is 4.51. The fourth-order valence-electron chi connectivity index (χ4n) is 2.08. The molecule has 1 aromatic heterocycles. The molecule has 20 heavy (non-hydrogen) atoms. The Morgan fingerprint density at radius 2 is 1.85 bits per heavy atom. The molecule has 0 fully saturated rings. The van der Waals surface area contributed by atoms with Crippen LogP contribution in [0.15, 0.2) is 36.5 Å². The first-order valence-corrected chi connectivity index (χ1v) is 6.32. The predicted molar refractivity (Wildman–Crippen MR) is 78.8 cm³/mol. The summed E-state index contributed by atoms with van der Waals surface area (Å²) < 4.78 is 10.5. The number of aromatic nitrogens is 1. The van der Waals surface area contributed by atoms with E-state index in [2.05, 4.69) is 4.98 Å². The van der Waals surface area contributed by atoms with Crippen LogP contribution in [0.25, 0.3) is 0 Å². The van der Waals surface area contributed by atoms with Crippen molar-refractivity contribution in [3.8, 4) is 11.5 Å². The number of hydrogen-bond acceptors (Lipinski definition) is 5. The molecule has 2 rings (SSSR count). The van der Waals surface area contributed by atoms with E-state index in [9.17, 15) is 0 Å². The largest absolute Gasteiger partial charge is 0.493 e. The molecule has 0 bridgehead atoms. The van der Waals surface area contributed by atoms with Gasteiger partial charge in [0.1, 0.15) is 5.82 Å². The fraction of sp³-hybridized carbons (Fsp3) is 0.267. The molecule has 0 spiro atoms. The minimum absolute atomic E-state index is 0.142.